The minimum Gasteiger partial charge on any atom is -0.0891 e. The fourth-order valence-electron chi connectivity index (χ4n) is 1.56. The van der Waals surface area contributed by atoms with Gasteiger partial charge in [-0.05, 0) is 29.7 Å². The zero-order valence-electron chi connectivity index (χ0n) is 7.63. The Balaban J connectivity index is 2.28. The zero-order chi connectivity index (χ0) is 9.97. The average molecular weight is 225 g/mol. The molecule has 0 fully saturated rings. The van der Waals surface area contributed by atoms with Crippen molar-refractivity contribution in [2.45, 2.75) is 12.8 Å². The fraction of sp³-hybridized carbons (Fsp3) is 0.167. The first-order valence-corrected chi connectivity index (χ1v) is 5.31. The van der Waals surface area contributed by atoms with Crippen molar-refractivity contribution >= 4 is 28.8 Å². The molecule has 0 heterocycles. The lowest BCUT2D eigenvalue weighted by molar-refractivity contribution is 1.22. The molecule has 1 aliphatic rings. The zero-order valence-corrected chi connectivity index (χ0v) is 9.15. The quantitative estimate of drug-likeness (QED) is 0.653. The van der Waals surface area contributed by atoms with E-state index >= 15 is 0 Å². The van der Waals surface area contributed by atoms with Gasteiger partial charge in [-0.15, -0.1) is 0 Å². The van der Waals surface area contributed by atoms with Gasteiger partial charge in [0, 0.05) is 16.5 Å². The molecule has 0 amide bonds. The molecule has 0 aliphatic heterocycles. The van der Waals surface area contributed by atoms with Gasteiger partial charge >= 0.3 is 0 Å². The van der Waals surface area contributed by atoms with E-state index in [1.54, 1.807) is 0 Å². The van der Waals surface area contributed by atoms with Crippen molar-refractivity contribution in [1.82, 2.24) is 0 Å². The smallest absolute Gasteiger partial charge is 0.0412 e. The molecule has 0 spiro atoms. The summed E-state index contributed by atoms with van der Waals surface area (Å²) in [7, 11) is 0. The van der Waals surface area contributed by atoms with Crippen LogP contribution < -0.4 is 0 Å². The number of benzene rings is 1. The van der Waals surface area contributed by atoms with Gasteiger partial charge < -0.3 is 0 Å². The Morgan fingerprint density at radius 1 is 1.07 bits per heavy atom. The minimum atomic E-state index is 0.772. The Kier molecular flexibility index (Phi) is 2.95. The van der Waals surface area contributed by atoms with E-state index in [0.717, 1.165) is 22.9 Å². The van der Waals surface area contributed by atoms with Gasteiger partial charge in [0.2, 0.25) is 0 Å². The van der Waals surface area contributed by atoms with E-state index in [4.69, 9.17) is 23.2 Å². The fourth-order valence-corrected chi connectivity index (χ4v) is 1.99. The molecule has 72 valence electrons. The van der Waals surface area contributed by atoms with Gasteiger partial charge in [0.15, 0.2) is 0 Å². The second-order valence-electron chi connectivity index (χ2n) is 3.30. The number of allylic oxidation sites excluding steroid dienone is 4. The van der Waals surface area contributed by atoms with Crippen LogP contribution in [-0.4, -0.2) is 0 Å². The van der Waals surface area contributed by atoms with Crippen LogP contribution in [0.1, 0.15) is 18.4 Å². The van der Waals surface area contributed by atoms with Gasteiger partial charge in [0.1, 0.15) is 0 Å². The third kappa shape index (κ3) is 2.20. The summed E-state index contributed by atoms with van der Waals surface area (Å²) in [5, 5.41) is 1.69. The van der Waals surface area contributed by atoms with Crippen LogP contribution in [0.4, 0.5) is 0 Å². The SMILES string of the molecule is ClC1=CCC=C(c2cccc(Cl)c2)C1. The van der Waals surface area contributed by atoms with Crippen molar-refractivity contribution < 1.29 is 0 Å². The molecule has 1 aliphatic carbocycles. The van der Waals surface area contributed by atoms with E-state index in [2.05, 4.69) is 12.1 Å². The highest BCUT2D eigenvalue weighted by Gasteiger charge is 2.07. The first-order chi connectivity index (χ1) is 6.75. The van der Waals surface area contributed by atoms with Crippen LogP contribution in [0.25, 0.3) is 5.57 Å². The van der Waals surface area contributed by atoms with Crippen LogP contribution in [0.2, 0.25) is 5.02 Å². The van der Waals surface area contributed by atoms with Gasteiger partial charge in [-0.2, -0.15) is 0 Å². The topological polar surface area (TPSA) is 0 Å². The highest BCUT2D eigenvalue weighted by molar-refractivity contribution is 6.31. The number of hydrogen-bond acceptors (Lipinski definition) is 0. The summed E-state index contributed by atoms with van der Waals surface area (Å²) < 4.78 is 0. The monoisotopic (exact) mass is 224 g/mol. The predicted molar refractivity (Wildman–Crippen MR) is 62.6 cm³/mol. The summed E-state index contributed by atoms with van der Waals surface area (Å²) in [6.07, 6.45) is 5.97. The molecule has 14 heavy (non-hydrogen) atoms. The molecule has 1 aromatic rings. The molecule has 0 unspecified atom stereocenters. The number of halogens is 2. The van der Waals surface area contributed by atoms with E-state index in [1.807, 2.05) is 24.3 Å². The molecule has 0 nitrogen and oxygen atoms in total. The van der Waals surface area contributed by atoms with Gasteiger partial charge in [-0.1, -0.05) is 47.5 Å². The van der Waals surface area contributed by atoms with Gasteiger partial charge in [0.05, 0.1) is 0 Å². The molecular weight excluding hydrogens is 215 g/mol. The van der Waals surface area contributed by atoms with Crippen molar-refractivity contribution in [2.75, 3.05) is 0 Å². The number of hydrogen-bond donors (Lipinski definition) is 0. The summed E-state index contributed by atoms with van der Waals surface area (Å²) in [5.74, 6) is 0. The maximum atomic E-state index is 5.99. The normalized spacial score (nSPS) is 16.1. The molecule has 2 rings (SSSR count). The Morgan fingerprint density at radius 3 is 2.64 bits per heavy atom. The van der Waals surface area contributed by atoms with Crippen molar-refractivity contribution in [3.63, 3.8) is 0 Å². The molecule has 0 bridgehead atoms. The molecular formula is C12H10Cl2. The molecule has 0 saturated heterocycles. The van der Waals surface area contributed by atoms with E-state index < -0.39 is 0 Å². The lowest BCUT2D eigenvalue weighted by Crippen LogP contribution is -1.89. The van der Waals surface area contributed by atoms with Crippen LogP contribution in [-0.2, 0) is 0 Å². The van der Waals surface area contributed by atoms with Crippen molar-refractivity contribution in [3.05, 3.63) is 52.0 Å². The minimum absolute atomic E-state index is 0.772. The lowest BCUT2D eigenvalue weighted by atomic mass is 9.98. The Morgan fingerprint density at radius 2 is 1.93 bits per heavy atom. The Hall–Kier alpha value is -0.720. The molecule has 0 atom stereocenters. The van der Waals surface area contributed by atoms with E-state index in [9.17, 15) is 0 Å². The van der Waals surface area contributed by atoms with Crippen molar-refractivity contribution in [1.29, 1.82) is 0 Å². The summed E-state index contributed by atoms with van der Waals surface area (Å²) in [6.45, 7) is 0. The second-order valence-corrected chi connectivity index (χ2v) is 4.23. The van der Waals surface area contributed by atoms with Crippen LogP contribution in [0.3, 0.4) is 0 Å². The summed E-state index contributed by atoms with van der Waals surface area (Å²) in [5.41, 5.74) is 2.43. The highest BCUT2D eigenvalue weighted by atomic mass is 35.5. The van der Waals surface area contributed by atoms with E-state index in [1.165, 1.54) is 11.1 Å². The summed E-state index contributed by atoms with van der Waals surface area (Å²) in [4.78, 5) is 0. The standard InChI is InChI=1S/C12H10Cl2/c13-11-5-1-3-9(7-11)10-4-2-6-12(14)8-10/h1,3-7H,2,8H2. The molecule has 0 aromatic heterocycles. The van der Waals surface area contributed by atoms with Crippen molar-refractivity contribution in [2.24, 2.45) is 0 Å². The molecule has 0 radical (unpaired) electrons. The van der Waals surface area contributed by atoms with Crippen LogP contribution in [0.15, 0.2) is 41.4 Å². The largest absolute Gasteiger partial charge is 0.0891 e. The molecule has 0 N–H and O–H groups in total. The predicted octanol–water partition coefficient (Wildman–Crippen LogP) is 4.64. The maximum absolute atomic E-state index is 5.99. The molecule has 0 saturated carbocycles. The van der Waals surface area contributed by atoms with Crippen molar-refractivity contribution in [3.8, 4) is 0 Å². The first kappa shape index (κ1) is 9.82. The lowest BCUT2D eigenvalue weighted by Gasteiger charge is -2.11. The Bertz CT molecular complexity index is 403. The molecule has 1 aromatic carbocycles. The highest BCUT2D eigenvalue weighted by Crippen LogP contribution is 2.30. The van der Waals surface area contributed by atoms with Crippen LogP contribution >= 0.6 is 23.2 Å². The third-order valence-corrected chi connectivity index (χ3v) is 2.78. The summed E-state index contributed by atoms with van der Waals surface area (Å²) in [6, 6.07) is 7.88. The van der Waals surface area contributed by atoms with Gasteiger partial charge in [-0.3, -0.25) is 0 Å². The number of rotatable bonds is 1. The van der Waals surface area contributed by atoms with Crippen LogP contribution in [0, 0.1) is 0 Å². The maximum Gasteiger partial charge on any atom is 0.0412 e. The Labute approximate surface area is 93.8 Å². The first-order valence-electron chi connectivity index (χ1n) is 4.55. The average Bonchev–Trinajstić information content (AvgIpc) is 2.18. The van der Waals surface area contributed by atoms with Gasteiger partial charge in [0.25, 0.3) is 0 Å². The van der Waals surface area contributed by atoms with E-state index in [-0.39, 0.29) is 0 Å². The molecule has 2 heteroatoms. The second kappa shape index (κ2) is 4.20. The summed E-state index contributed by atoms with van der Waals surface area (Å²) >= 11 is 11.9. The third-order valence-electron chi connectivity index (χ3n) is 2.26. The van der Waals surface area contributed by atoms with Gasteiger partial charge in [-0.25, -0.2) is 0 Å². The van der Waals surface area contributed by atoms with Crippen LogP contribution in [0.5, 0.6) is 0 Å². The van der Waals surface area contributed by atoms with E-state index in [0.29, 0.717) is 0 Å².